The van der Waals surface area contributed by atoms with Gasteiger partial charge in [0.05, 0.1) is 21.1 Å². The number of phosphoric ester groups is 1. The number of likely N-dealkylation sites (N-methyl/N-ethyl adjacent to an activating group) is 1. The van der Waals surface area contributed by atoms with Crippen LogP contribution in [-0.2, 0) is 18.4 Å². The van der Waals surface area contributed by atoms with Crippen LogP contribution < -0.4 is 10.2 Å². The normalized spacial score (nSPS) is 15.6. The molecule has 1 N–H and O–H groups in total. The highest BCUT2D eigenvalue weighted by atomic mass is 31.2. The van der Waals surface area contributed by atoms with Crippen molar-refractivity contribution in [2.75, 3.05) is 41.0 Å². The maximum atomic E-state index is 11.2. The molecule has 96 valence electrons. The first-order chi connectivity index (χ1) is 7.16. The number of quaternary nitrogens is 1. The topological polar surface area (TPSA) is 87.7 Å². The third-order valence-corrected chi connectivity index (χ3v) is 2.21. The number of amides is 1. The second-order valence-electron chi connectivity index (χ2n) is 4.22. The maximum absolute atomic E-state index is 11.2. The van der Waals surface area contributed by atoms with Crippen molar-refractivity contribution in [1.29, 1.82) is 0 Å². The molecule has 0 aromatic rings. The van der Waals surface area contributed by atoms with Crippen LogP contribution in [0, 0.1) is 0 Å². The second-order valence-corrected chi connectivity index (χ2v) is 5.63. The number of hydrogen-bond acceptors (Lipinski definition) is 5. The van der Waals surface area contributed by atoms with E-state index in [-0.39, 0.29) is 6.73 Å². The SMILES string of the molecule is CCNC(=O)COP(=O)([O-])OC[N+](C)(C)C. The highest BCUT2D eigenvalue weighted by Crippen LogP contribution is 2.38. The Kier molecular flexibility index (Phi) is 6.14. The molecular formula is C8H19N2O5P. The first-order valence-corrected chi connectivity index (χ1v) is 6.29. The van der Waals surface area contributed by atoms with E-state index in [1.807, 2.05) is 0 Å². The molecule has 1 atom stereocenters. The highest BCUT2D eigenvalue weighted by Gasteiger charge is 2.16. The first kappa shape index (κ1) is 15.5. The average Bonchev–Trinajstić information content (AvgIpc) is 2.12. The highest BCUT2D eigenvalue weighted by molar-refractivity contribution is 7.45. The predicted octanol–water partition coefficient (Wildman–Crippen LogP) is -0.712. The van der Waals surface area contributed by atoms with Crippen molar-refractivity contribution < 1.29 is 27.8 Å². The number of carbonyl (C=O) groups excluding carboxylic acids is 1. The van der Waals surface area contributed by atoms with Crippen LogP contribution >= 0.6 is 7.82 Å². The molecule has 0 aliphatic carbocycles. The molecule has 0 aliphatic heterocycles. The summed E-state index contributed by atoms with van der Waals surface area (Å²) in [4.78, 5) is 22.1. The maximum Gasteiger partial charge on any atom is 0.272 e. The molecule has 0 radical (unpaired) electrons. The van der Waals surface area contributed by atoms with E-state index in [0.717, 1.165) is 0 Å². The third-order valence-electron chi connectivity index (χ3n) is 1.33. The Morgan fingerprint density at radius 1 is 1.38 bits per heavy atom. The van der Waals surface area contributed by atoms with Crippen molar-refractivity contribution in [3.05, 3.63) is 0 Å². The van der Waals surface area contributed by atoms with Crippen LogP contribution in [0.1, 0.15) is 6.92 Å². The fourth-order valence-corrected chi connectivity index (χ4v) is 1.50. The molecule has 0 aliphatic rings. The number of rotatable bonds is 7. The first-order valence-electron chi connectivity index (χ1n) is 4.83. The Labute approximate surface area is 95.5 Å². The molecule has 0 rings (SSSR count). The van der Waals surface area contributed by atoms with E-state index < -0.39 is 20.3 Å². The number of phosphoric acid groups is 1. The molecule has 0 spiro atoms. The van der Waals surface area contributed by atoms with Gasteiger partial charge in [0.1, 0.15) is 6.61 Å². The summed E-state index contributed by atoms with van der Waals surface area (Å²) in [5.41, 5.74) is 0. The zero-order valence-electron chi connectivity index (χ0n) is 10.1. The van der Waals surface area contributed by atoms with E-state index in [0.29, 0.717) is 11.0 Å². The average molecular weight is 254 g/mol. The second kappa shape index (κ2) is 6.32. The van der Waals surface area contributed by atoms with Gasteiger partial charge in [-0.1, -0.05) is 0 Å². The van der Waals surface area contributed by atoms with E-state index in [9.17, 15) is 14.3 Å². The number of nitrogens with one attached hydrogen (secondary N) is 1. The fourth-order valence-electron chi connectivity index (χ4n) is 0.667. The van der Waals surface area contributed by atoms with Crippen LogP contribution in [0.4, 0.5) is 0 Å². The van der Waals surface area contributed by atoms with Gasteiger partial charge in [-0.15, -0.1) is 0 Å². The Morgan fingerprint density at radius 2 is 1.94 bits per heavy atom. The van der Waals surface area contributed by atoms with Crippen molar-refractivity contribution in [2.24, 2.45) is 0 Å². The van der Waals surface area contributed by atoms with Crippen molar-refractivity contribution in [2.45, 2.75) is 6.92 Å². The number of carbonyl (C=O) groups is 1. The summed E-state index contributed by atoms with van der Waals surface area (Å²) in [7, 11) is 0.910. The van der Waals surface area contributed by atoms with Gasteiger partial charge in [-0.25, -0.2) is 0 Å². The van der Waals surface area contributed by atoms with Crippen LogP contribution in [0.2, 0.25) is 0 Å². The van der Waals surface area contributed by atoms with Crippen LogP contribution in [0.3, 0.4) is 0 Å². The molecular weight excluding hydrogens is 235 g/mol. The smallest absolute Gasteiger partial charge is 0.272 e. The monoisotopic (exact) mass is 254 g/mol. The van der Waals surface area contributed by atoms with Crippen molar-refractivity contribution in [3.8, 4) is 0 Å². The van der Waals surface area contributed by atoms with Crippen LogP contribution in [0.15, 0.2) is 0 Å². The minimum atomic E-state index is -4.39. The van der Waals surface area contributed by atoms with Crippen molar-refractivity contribution in [3.63, 3.8) is 0 Å². The summed E-state index contributed by atoms with van der Waals surface area (Å²) in [6, 6.07) is 0. The third kappa shape index (κ3) is 8.82. The summed E-state index contributed by atoms with van der Waals surface area (Å²) in [6.45, 7) is 1.55. The van der Waals surface area contributed by atoms with Gasteiger partial charge in [0.25, 0.3) is 7.82 Å². The largest absolute Gasteiger partial charge is 0.756 e. The number of nitrogens with zero attached hydrogens (tertiary/aromatic N) is 1. The van der Waals surface area contributed by atoms with Gasteiger partial charge in [0.2, 0.25) is 5.91 Å². The lowest BCUT2D eigenvalue weighted by atomic mass is 10.6. The molecule has 8 heteroatoms. The van der Waals surface area contributed by atoms with E-state index in [1.54, 1.807) is 28.1 Å². The fraction of sp³-hybridized carbons (Fsp3) is 0.875. The quantitative estimate of drug-likeness (QED) is 0.368. The minimum absolute atomic E-state index is 0.0455. The molecule has 0 aromatic heterocycles. The van der Waals surface area contributed by atoms with Crippen LogP contribution in [0.25, 0.3) is 0 Å². The Balaban J connectivity index is 3.96. The summed E-state index contributed by atoms with van der Waals surface area (Å²) >= 11 is 0. The molecule has 1 amide bonds. The Bertz CT molecular complexity index is 276. The molecule has 0 saturated heterocycles. The molecule has 1 unspecified atom stereocenters. The summed E-state index contributed by atoms with van der Waals surface area (Å²) in [5.74, 6) is -0.493. The number of hydrogen-bond donors (Lipinski definition) is 1. The Morgan fingerprint density at radius 3 is 2.38 bits per heavy atom. The van der Waals surface area contributed by atoms with Crippen molar-refractivity contribution in [1.82, 2.24) is 5.32 Å². The lowest BCUT2D eigenvalue weighted by molar-refractivity contribution is -0.887. The molecule has 0 aromatic carbocycles. The van der Waals surface area contributed by atoms with E-state index in [4.69, 9.17) is 0 Å². The van der Waals surface area contributed by atoms with E-state index in [2.05, 4.69) is 14.4 Å². The van der Waals surface area contributed by atoms with E-state index >= 15 is 0 Å². The van der Waals surface area contributed by atoms with Gasteiger partial charge in [0, 0.05) is 6.54 Å². The van der Waals surface area contributed by atoms with Gasteiger partial charge in [0.15, 0.2) is 6.73 Å². The van der Waals surface area contributed by atoms with Crippen LogP contribution in [0.5, 0.6) is 0 Å². The molecule has 0 saturated carbocycles. The summed E-state index contributed by atoms with van der Waals surface area (Å²) in [5, 5.41) is 2.41. The molecule has 0 heterocycles. The molecule has 0 fully saturated rings. The van der Waals surface area contributed by atoms with Gasteiger partial charge in [-0.3, -0.25) is 13.9 Å². The van der Waals surface area contributed by atoms with Gasteiger partial charge < -0.3 is 19.2 Å². The molecule has 7 nitrogen and oxygen atoms in total. The predicted molar refractivity (Wildman–Crippen MR) is 56.2 cm³/mol. The van der Waals surface area contributed by atoms with Gasteiger partial charge in [-0.2, -0.15) is 0 Å². The van der Waals surface area contributed by atoms with Crippen LogP contribution in [-0.4, -0.2) is 51.4 Å². The molecule has 0 bridgehead atoms. The van der Waals surface area contributed by atoms with E-state index in [1.165, 1.54) is 0 Å². The summed E-state index contributed by atoms with van der Waals surface area (Å²) in [6.07, 6.45) is 0. The summed E-state index contributed by atoms with van der Waals surface area (Å²) < 4.78 is 20.5. The lowest BCUT2D eigenvalue weighted by Crippen LogP contribution is -2.37. The standard InChI is InChI=1S/C8H19N2O5P/c1-5-9-8(11)6-14-16(12,13)15-7-10(2,3)4/h5-7H2,1-4H3,(H-,9,11,12,13). The van der Waals surface area contributed by atoms with Crippen molar-refractivity contribution >= 4 is 13.7 Å². The molecule has 16 heavy (non-hydrogen) atoms. The van der Waals surface area contributed by atoms with Gasteiger partial charge >= 0.3 is 0 Å². The zero-order valence-corrected chi connectivity index (χ0v) is 11.0. The van der Waals surface area contributed by atoms with Gasteiger partial charge in [-0.05, 0) is 6.92 Å². The minimum Gasteiger partial charge on any atom is -0.756 e. The zero-order chi connectivity index (χ0) is 12.8. The Hall–Kier alpha value is -0.460. The lowest BCUT2D eigenvalue weighted by Gasteiger charge is -2.28.